The van der Waals surface area contributed by atoms with Gasteiger partial charge >= 0.3 is 0 Å². The number of hydrogen-bond acceptors (Lipinski definition) is 3. The van der Waals surface area contributed by atoms with Crippen LogP contribution in [0.15, 0.2) is 35.2 Å². The first-order valence-electron chi connectivity index (χ1n) is 5.74. The van der Waals surface area contributed by atoms with Gasteiger partial charge in [-0.2, -0.15) is 0 Å². The molecule has 3 N–H and O–H groups in total. The fourth-order valence-electron chi connectivity index (χ4n) is 1.73. The zero-order chi connectivity index (χ0) is 15.8. The summed E-state index contributed by atoms with van der Waals surface area (Å²) in [5.41, 5.74) is 6.09. The molecule has 0 aliphatic carbocycles. The Labute approximate surface area is 140 Å². The fraction of sp³-hybridized carbons (Fsp3) is 0.0769. The molecule has 2 rings (SSSR count). The number of anilines is 2. The molecule has 0 aliphatic rings. The standard InChI is InChI=1S/C13H11ClFIN2O2S/c1-7-4-9(17)6-12(13(7)15)21(19,20)18-11-3-2-8(16)5-10(11)14/h2-6,18H,17H2,1H3. The first kappa shape index (κ1) is 16.3. The van der Waals surface area contributed by atoms with Gasteiger partial charge in [-0.3, -0.25) is 4.72 Å². The van der Waals surface area contributed by atoms with Crippen LogP contribution in [0.25, 0.3) is 0 Å². The summed E-state index contributed by atoms with van der Waals surface area (Å²) < 4.78 is 41.7. The molecule has 0 heterocycles. The maximum Gasteiger partial charge on any atom is 0.264 e. The third-order valence-electron chi connectivity index (χ3n) is 2.71. The van der Waals surface area contributed by atoms with Crippen molar-refractivity contribution in [2.24, 2.45) is 0 Å². The van der Waals surface area contributed by atoms with Gasteiger partial charge in [0, 0.05) is 9.26 Å². The lowest BCUT2D eigenvalue weighted by Gasteiger charge is -2.12. The lowest BCUT2D eigenvalue weighted by Crippen LogP contribution is -2.16. The Kier molecular flexibility index (Phi) is 4.64. The SMILES string of the molecule is Cc1cc(N)cc(S(=O)(=O)Nc2ccc(I)cc2Cl)c1F. The van der Waals surface area contributed by atoms with Gasteiger partial charge < -0.3 is 5.73 Å². The van der Waals surface area contributed by atoms with Gasteiger partial charge in [-0.25, -0.2) is 12.8 Å². The molecular weight excluding hydrogens is 430 g/mol. The van der Waals surface area contributed by atoms with Crippen molar-refractivity contribution >= 4 is 55.6 Å². The van der Waals surface area contributed by atoms with Crippen LogP contribution in [0.3, 0.4) is 0 Å². The highest BCUT2D eigenvalue weighted by atomic mass is 127. The molecule has 112 valence electrons. The van der Waals surface area contributed by atoms with Crippen LogP contribution in [0, 0.1) is 16.3 Å². The van der Waals surface area contributed by atoms with Crippen LogP contribution in [0.4, 0.5) is 15.8 Å². The van der Waals surface area contributed by atoms with Crippen molar-refractivity contribution in [3.8, 4) is 0 Å². The minimum atomic E-state index is -4.12. The maximum atomic E-state index is 14.0. The summed E-state index contributed by atoms with van der Waals surface area (Å²) in [6.07, 6.45) is 0. The third-order valence-corrected chi connectivity index (χ3v) is 5.06. The molecule has 8 heteroatoms. The fourth-order valence-corrected chi connectivity index (χ4v) is 3.96. The Bertz CT molecular complexity index is 812. The van der Waals surface area contributed by atoms with Crippen LogP contribution < -0.4 is 10.5 Å². The molecule has 0 amide bonds. The maximum absolute atomic E-state index is 14.0. The highest BCUT2D eigenvalue weighted by Gasteiger charge is 2.22. The van der Waals surface area contributed by atoms with E-state index in [0.29, 0.717) is 0 Å². The van der Waals surface area contributed by atoms with E-state index in [1.54, 1.807) is 12.1 Å². The lowest BCUT2D eigenvalue weighted by atomic mass is 10.2. The molecule has 0 aliphatic heterocycles. The van der Waals surface area contributed by atoms with Crippen LogP contribution in [-0.4, -0.2) is 8.42 Å². The van der Waals surface area contributed by atoms with E-state index in [9.17, 15) is 12.8 Å². The van der Waals surface area contributed by atoms with Crippen molar-refractivity contribution in [2.75, 3.05) is 10.5 Å². The minimum absolute atomic E-state index is 0.157. The zero-order valence-electron chi connectivity index (χ0n) is 10.8. The number of benzene rings is 2. The Morgan fingerprint density at radius 1 is 1.29 bits per heavy atom. The molecule has 21 heavy (non-hydrogen) atoms. The number of halogens is 3. The number of aryl methyl sites for hydroxylation is 1. The minimum Gasteiger partial charge on any atom is -0.399 e. The molecular formula is C13H11ClFIN2O2S. The molecule has 2 aromatic carbocycles. The number of nitrogen functional groups attached to an aromatic ring is 1. The molecule has 0 spiro atoms. The largest absolute Gasteiger partial charge is 0.399 e. The van der Waals surface area contributed by atoms with Gasteiger partial charge in [-0.1, -0.05) is 11.6 Å². The van der Waals surface area contributed by atoms with Crippen LogP contribution in [0.2, 0.25) is 5.02 Å². The van der Waals surface area contributed by atoms with E-state index in [0.717, 1.165) is 9.64 Å². The van der Waals surface area contributed by atoms with Crippen LogP contribution in [0.5, 0.6) is 0 Å². The molecule has 0 bridgehead atoms. The van der Waals surface area contributed by atoms with Crippen LogP contribution >= 0.6 is 34.2 Å². The molecule has 0 unspecified atom stereocenters. The van der Waals surface area contributed by atoms with E-state index in [1.807, 2.05) is 22.6 Å². The van der Waals surface area contributed by atoms with Gasteiger partial charge in [0.25, 0.3) is 10.0 Å². The van der Waals surface area contributed by atoms with E-state index in [2.05, 4.69) is 4.72 Å². The Hall–Kier alpha value is -1.06. The Morgan fingerprint density at radius 3 is 2.57 bits per heavy atom. The lowest BCUT2D eigenvalue weighted by molar-refractivity contribution is 0.565. The summed E-state index contributed by atoms with van der Waals surface area (Å²) in [6, 6.07) is 7.24. The average molecular weight is 441 g/mol. The summed E-state index contributed by atoms with van der Waals surface area (Å²) in [6.45, 7) is 1.45. The highest BCUT2D eigenvalue weighted by molar-refractivity contribution is 14.1. The van der Waals surface area contributed by atoms with E-state index < -0.39 is 20.7 Å². The van der Waals surface area contributed by atoms with Gasteiger partial charge in [-0.05, 0) is 65.4 Å². The van der Waals surface area contributed by atoms with E-state index in [4.69, 9.17) is 17.3 Å². The molecule has 0 aromatic heterocycles. The van der Waals surface area contributed by atoms with Crippen molar-refractivity contribution in [2.45, 2.75) is 11.8 Å². The summed E-state index contributed by atoms with van der Waals surface area (Å²) in [7, 11) is -4.12. The smallest absolute Gasteiger partial charge is 0.264 e. The zero-order valence-corrected chi connectivity index (χ0v) is 14.6. The normalized spacial score (nSPS) is 11.4. The number of sulfonamides is 1. The summed E-state index contributed by atoms with van der Waals surface area (Å²) in [5, 5.41) is 0.228. The van der Waals surface area contributed by atoms with E-state index >= 15 is 0 Å². The number of nitrogens with one attached hydrogen (secondary N) is 1. The number of hydrogen-bond donors (Lipinski definition) is 2. The summed E-state index contributed by atoms with van der Waals surface area (Å²) in [5.74, 6) is -0.835. The van der Waals surface area contributed by atoms with Crippen LogP contribution in [-0.2, 0) is 10.0 Å². The monoisotopic (exact) mass is 440 g/mol. The first-order valence-corrected chi connectivity index (χ1v) is 8.68. The molecule has 4 nitrogen and oxygen atoms in total. The third kappa shape index (κ3) is 3.58. The van der Waals surface area contributed by atoms with Crippen molar-refractivity contribution in [3.05, 3.63) is 50.3 Å². The Morgan fingerprint density at radius 2 is 1.95 bits per heavy atom. The van der Waals surface area contributed by atoms with Gasteiger partial charge in [-0.15, -0.1) is 0 Å². The molecule has 0 saturated heterocycles. The summed E-state index contributed by atoms with van der Waals surface area (Å²) >= 11 is 8.02. The van der Waals surface area contributed by atoms with E-state index in [-0.39, 0.29) is 22.0 Å². The molecule has 0 fully saturated rings. The average Bonchev–Trinajstić information content (AvgIpc) is 2.37. The van der Waals surface area contributed by atoms with E-state index in [1.165, 1.54) is 19.1 Å². The van der Waals surface area contributed by atoms with Crippen molar-refractivity contribution in [1.82, 2.24) is 0 Å². The van der Waals surface area contributed by atoms with Gasteiger partial charge in [0.05, 0.1) is 10.7 Å². The predicted octanol–water partition coefficient (Wildman–Crippen LogP) is 3.78. The second-order valence-corrected chi connectivity index (χ2v) is 7.68. The van der Waals surface area contributed by atoms with Gasteiger partial charge in [0.1, 0.15) is 10.7 Å². The van der Waals surface area contributed by atoms with Crippen molar-refractivity contribution in [1.29, 1.82) is 0 Å². The second-order valence-electron chi connectivity index (χ2n) is 4.38. The number of nitrogens with two attached hydrogens (primary N) is 1. The quantitative estimate of drug-likeness (QED) is 0.564. The van der Waals surface area contributed by atoms with Crippen molar-refractivity contribution < 1.29 is 12.8 Å². The molecule has 0 saturated carbocycles. The predicted molar refractivity (Wildman–Crippen MR) is 90.5 cm³/mol. The first-order chi connectivity index (χ1) is 9.70. The van der Waals surface area contributed by atoms with Gasteiger partial charge in [0.2, 0.25) is 0 Å². The molecule has 2 aromatic rings. The topological polar surface area (TPSA) is 72.2 Å². The highest BCUT2D eigenvalue weighted by Crippen LogP contribution is 2.28. The van der Waals surface area contributed by atoms with Crippen LogP contribution in [0.1, 0.15) is 5.56 Å². The molecule has 0 atom stereocenters. The second kappa shape index (κ2) is 5.98. The Balaban J connectivity index is 2.48. The number of rotatable bonds is 3. The summed E-state index contributed by atoms with van der Waals surface area (Å²) in [4.78, 5) is -0.505. The van der Waals surface area contributed by atoms with Gasteiger partial charge in [0.15, 0.2) is 0 Å². The molecule has 0 radical (unpaired) electrons. The van der Waals surface area contributed by atoms with Crippen molar-refractivity contribution in [3.63, 3.8) is 0 Å².